The first kappa shape index (κ1) is 17.8. The molecule has 1 aromatic rings. The normalized spacial score (nSPS) is 21.2. The van der Waals surface area contributed by atoms with Crippen molar-refractivity contribution in [3.8, 4) is 0 Å². The highest BCUT2D eigenvalue weighted by Gasteiger charge is 2.39. The van der Waals surface area contributed by atoms with E-state index >= 15 is 0 Å². The number of carbonyl (C=O) groups excluding carboxylic acids is 2. The van der Waals surface area contributed by atoms with E-state index in [1.807, 2.05) is 0 Å². The molecular weight excluding hydrogens is 325 g/mol. The number of nitrogens with one attached hydrogen (secondary N) is 2. The second kappa shape index (κ2) is 6.54. The monoisotopic (exact) mass is 342 g/mol. The molecule has 24 heavy (non-hydrogen) atoms. The summed E-state index contributed by atoms with van der Waals surface area (Å²) in [4.78, 5) is 23.9. The summed E-state index contributed by atoms with van der Waals surface area (Å²) < 4.78 is 43.2. The van der Waals surface area contributed by atoms with Crippen LogP contribution < -0.4 is 10.6 Å². The zero-order valence-electron chi connectivity index (χ0n) is 13.1. The highest BCUT2D eigenvalue weighted by Crippen LogP contribution is 2.34. The largest absolute Gasteiger partial charge is 0.462 e. The van der Waals surface area contributed by atoms with Gasteiger partial charge in [-0.3, -0.25) is 4.79 Å². The van der Waals surface area contributed by atoms with Gasteiger partial charge in [0, 0.05) is 5.70 Å². The van der Waals surface area contributed by atoms with Crippen LogP contribution in [0.15, 0.2) is 36.5 Å². The Balaban J connectivity index is 2.34. The Labute approximate surface area is 136 Å². The molecule has 1 aliphatic rings. The molecule has 2 atom stereocenters. The molecule has 1 aromatic carbocycles. The predicted molar refractivity (Wildman–Crippen MR) is 79.7 cm³/mol. The number of halogens is 3. The number of amides is 2. The van der Waals surface area contributed by atoms with Crippen LogP contribution in [0.5, 0.6) is 0 Å². The van der Waals surface area contributed by atoms with Crippen LogP contribution in [0.2, 0.25) is 0 Å². The van der Waals surface area contributed by atoms with Crippen molar-refractivity contribution >= 4 is 12.0 Å². The summed E-state index contributed by atoms with van der Waals surface area (Å²) in [7, 11) is 0. The second-order valence-electron chi connectivity index (χ2n) is 5.68. The summed E-state index contributed by atoms with van der Waals surface area (Å²) in [6.45, 7) is 6.99. The van der Waals surface area contributed by atoms with E-state index in [0.717, 1.165) is 12.1 Å². The number of esters is 1. The number of rotatable bonds is 3. The molecule has 2 amide bonds. The fraction of sp³-hybridized carbons (Fsp3) is 0.375. The Hall–Kier alpha value is -2.51. The third-order valence-corrected chi connectivity index (χ3v) is 3.47. The smallest absolute Gasteiger partial charge is 0.416 e. The maximum atomic E-state index is 12.7. The van der Waals surface area contributed by atoms with E-state index in [1.54, 1.807) is 13.8 Å². The van der Waals surface area contributed by atoms with Gasteiger partial charge in [-0.2, -0.15) is 13.2 Å². The van der Waals surface area contributed by atoms with Gasteiger partial charge in [0.15, 0.2) is 0 Å². The molecule has 2 rings (SSSR count). The van der Waals surface area contributed by atoms with Gasteiger partial charge in [-0.05, 0) is 31.5 Å². The fourth-order valence-corrected chi connectivity index (χ4v) is 2.42. The van der Waals surface area contributed by atoms with Gasteiger partial charge in [0.05, 0.1) is 17.7 Å². The van der Waals surface area contributed by atoms with Gasteiger partial charge in [-0.15, -0.1) is 0 Å². The minimum atomic E-state index is -4.46. The van der Waals surface area contributed by atoms with E-state index < -0.39 is 35.7 Å². The minimum absolute atomic E-state index is 0.134. The summed E-state index contributed by atoms with van der Waals surface area (Å²) >= 11 is 0. The fourth-order valence-electron chi connectivity index (χ4n) is 2.42. The van der Waals surface area contributed by atoms with Gasteiger partial charge in [-0.25, -0.2) is 4.79 Å². The van der Waals surface area contributed by atoms with Gasteiger partial charge in [0.25, 0.3) is 0 Å². The van der Waals surface area contributed by atoms with Crippen molar-refractivity contribution in [1.82, 2.24) is 10.6 Å². The van der Waals surface area contributed by atoms with E-state index in [2.05, 4.69) is 17.2 Å². The highest BCUT2D eigenvalue weighted by molar-refractivity contribution is 5.85. The van der Waals surface area contributed by atoms with Crippen LogP contribution >= 0.6 is 0 Å². The van der Waals surface area contributed by atoms with Crippen molar-refractivity contribution in [2.75, 3.05) is 0 Å². The zero-order valence-corrected chi connectivity index (χ0v) is 13.1. The standard InChI is InChI=1S/C16H17F3N2O3/c1-8(2)24-14(22)12-9(3)20-15(23)21-13(12)10-4-6-11(7-5-10)16(17,18)19/h4-8,12-13H,3H2,1-2H3,(H2,20,21,23). The Morgan fingerprint density at radius 2 is 1.83 bits per heavy atom. The van der Waals surface area contributed by atoms with Crippen LogP contribution in [0.3, 0.4) is 0 Å². The Morgan fingerprint density at radius 3 is 2.33 bits per heavy atom. The van der Waals surface area contributed by atoms with Crippen molar-refractivity contribution < 1.29 is 27.5 Å². The Kier molecular flexibility index (Phi) is 4.86. The average molecular weight is 342 g/mol. The third kappa shape index (κ3) is 3.87. The van der Waals surface area contributed by atoms with Crippen LogP contribution in [0.25, 0.3) is 0 Å². The summed E-state index contributed by atoms with van der Waals surface area (Å²) in [5.41, 5.74) is -0.328. The maximum absolute atomic E-state index is 12.7. The van der Waals surface area contributed by atoms with Crippen LogP contribution in [-0.4, -0.2) is 18.1 Å². The summed E-state index contributed by atoms with van der Waals surface area (Å²) in [5.74, 6) is -1.56. The molecule has 0 spiro atoms. The maximum Gasteiger partial charge on any atom is 0.416 e. The van der Waals surface area contributed by atoms with E-state index in [4.69, 9.17) is 4.74 Å². The first-order chi connectivity index (χ1) is 11.1. The lowest BCUT2D eigenvalue weighted by Crippen LogP contribution is -2.51. The molecule has 8 heteroatoms. The van der Waals surface area contributed by atoms with E-state index in [1.165, 1.54) is 12.1 Å². The van der Waals surface area contributed by atoms with E-state index in [0.29, 0.717) is 5.56 Å². The lowest BCUT2D eigenvalue weighted by atomic mass is 9.88. The number of carbonyl (C=O) groups is 2. The van der Waals surface area contributed by atoms with Gasteiger partial charge in [-0.1, -0.05) is 18.7 Å². The summed E-state index contributed by atoms with van der Waals surface area (Å²) in [5, 5.41) is 4.93. The highest BCUT2D eigenvalue weighted by atomic mass is 19.4. The first-order valence-electron chi connectivity index (χ1n) is 7.23. The zero-order chi connectivity index (χ0) is 18.1. The molecular formula is C16H17F3N2O3. The molecule has 2 N–H and O–H groups in total. The van der Waals surface area contributed by atoms with Crippen LogP contribution in [0.1, 0.15) is 31.0 Å². The summed E-state index contributed by atoms with van der Waals surface area (Å²) in [6.07, 6.45) is -4.84. The summed E-state index contributed by atoms with van der Waals surface area (Å²) in [6, 6.07) is 2.80. The van der Waals surface area contributed by atoms with E-state index in [9.17, 15) is 22.8 Å². The lowest BCUT2D eigenvalue weighted by molar-refractivity contribution is -0.152. The molecule has 1 saturated heterocycles. The predicted octanol–water partition coefficient (Wildman–Crippen LogP) is 3.14. The number of benzene rings is 1. The van der Waals surface area contributed by atoms with Crippen molar-refractivity contribution in [2.24, 2.45) is 5.92 Å². The SMILES string of the molecule is C=C1NC(=O)NC(c2ccc(C(F)(F)F)cc2)C1C(=O)OC(C)C. The van der Waals surface area contributed by atoms with Crippen molar-refractivity contribution in [3.05, 3.63) is 47.7 Å². The van der Waals surface area contributed by atoms with Crippen LogP contribution in [0.4, 0.5) is 18.0 Å². The van der Waals surface area contributed by atoms with E-state index in [-0.39, 0.29) is 11.8 Å². The number of hydrogen-bond donors (Lipinski definition) is 2. The molecule has 5 nitrogen and oxygen atoms in total. The van der Waals surface area contributed by atoms with Crippen molar-refractivity contribution in [2.45, 2.75) is 32.2 Å². The van der Waals surface area contributed by atoms with Crippen LogP contribution in [-0.2, 0) is 15.7 Å². The number of ether oxygens (including phenoxy) is 1. The van der Waals surface area contributed by atoms with Gasteiger partial charge < -0.3 is 15.4 Å². The first-order valence-corrected chi connectivity index (χ1v) is 7.23. The second-order valence-corrected chi connectivity index (χ2v) is 5.68. The molecule has 0 radical (unpaired) electrons. The lowest BCUT2D eigenvalue weighted by Gasteiger charge is -2.33. The number of alkyl halides is 3. The minimum Gasteiger partial charge on any atom is -0.462 e. The average Bonchev–Trinajstić information content (AvgIpc) is 2.44. The van der Waals surface area contributed by atoms with Gasteiger partial charge in [0.1, 0.15) is 5.92 Å². The molecule has 1 heterocycles. The molecule has 0 bridgehead atoms. The molecule has 130 valence electrons. The Morgan fingerprint density at radius 1 is 1.25 bits per heavy atom. The molecule has 0 aromatic heterocycles. The number of urea groups is 1. The molecule has 1 aliphatic heterocycles. The molecule has 2 unspecified atom stereocenters. The number of hydrogen-bond acceptors (Lipinski definition) is 3. The van der Waals surface area contributed by atoms with Gasteiger partial charge in [0.2, 0.25) is 0 Å². The van der Waals surface area contributed by atoms with Crippen molar-refractivity contribution in [1.29, 1.82) is 0 Å². The quantitative estimate of drug-likeness (QED) is 0.830. The molecule has 0 aliphatic carbocycles. The van der Waals surface area contributed by atoms with Gasteiger partial charge >= 0.3 is 18.2 Å². The molecule has 0 saturated carbocycles. The third-order valence-electron chi connectivity index (χ3n) is 3.47. The molecule has 1 fully saturated rings. The van der Waals surface area contributed by atoms with Crippen molar-refractivity contribution in [3.63, 3.8) is 0 Å². The topological polar surface area (TPSA) is 67.4 Å². The van der Waals surface area contributed by atoms with Crippen LogP contribution in [0, 0.1) is 5.92 Å². The Bertz CT molecular complexity index is 654.